The Morgan fingerprint density at radius 1 is 1.25 bits per heavy atom. The lowest BCUT2D eigenvalue weighted by molar-refractivity contribution is 0.0265. The zero-order chi connectivity index (χ0) is 16.5. The Morgan fingerprint density at radius 3 is 2.75 bits per heavy atom. The largest absolute Gasteiger partial charge is 0.496 e. The molecule has 4 aliphatic rings. The molecule has 132 valence electrons. The Bertz CT molecular complexity index is 551. The standard InChI is InChI=1S/C21H32N2O/c1-3-18(17-14-23-12-10-15(17)11-13-23)22-19-8-4-6-16-7-5-9-20(24-2)21(16)19/h5,7,9,15,17-19,22H,3-4,6,8,10-14H2,1-2H3. The molecular formula is C21H32N2O. The van der Waals surface area contributed by atoms with E-state index in [-0.39, 0.29) is 0 Å². The van der Waals surface area contributed by atoms with Gasteiger partial charge >= 0.3 is 0 Å². The molecule has 24 heavy (non-hydrogen) atoms. The number of nitrogens with one attached hydrogen (secondary N) is 1. The molecule has 3 nitrogen and oxygen atoms in total. The minimum Gasteiger partial charge on any atom is -0.496 e. The molecule has 0 saturated carbocycles. The highest BCUT2D eigenvalue weighted by atomic mass is 16.5. The molecular weight excluding hydrogens is 296 g/mol. The highest BCUT2D eigenvalue weighted by Crippen LogP contribution is 2.40. The van der Waals surface area contributed by atoms with Crippen LogP contribution in [0, 0.1) is 11.8 Å². The fraction of sp³-hybridized carbons (Fsp3) is 0.714. The summed E-state index contributed by atoms with van der Waals surface area (Å²) in [5.41, 5.74) is 2.92. The first-order valence-electron chi connectivity index (χ1n) is 9.94. The Morgan fingerprint density at radius 2 is 2.08 bits per heavy atom. The van der Waals surface area contributed by atoms with Crippen LogP contribution in [0.4, 0.5) is 0 Å². The maximum absolute atomic E-state index is 5.70. The summed E-state index contributed by atoms with van der Waals surface area (Å²) in [6, 6.07) is 7.67. The predicted octanol–water partition coefficient (Wildman–Crippen LogP) is 3.78. The summed E-state index contributed by atoms with van der Waals surface area (Å²) in [6.45, 7) is 6.33. The van der Waals surface area contributed by atoms with Crippen LogP contribution in [0.15, 0.2) is 18.2 Å². The number of aryl methyl sites for hydroxylation is 1. The maximum Gasteiger partial charge on any atom is 0.123 e. The minimum atomic E-state index is 0.463. The smallest absolute Gasteiger partial charge is 0.123 e. The first-order chi connectivity index (χ1) is 11.8. The van der Waals surface area contributed by atoms with Crippen LogP contribution >= 0.6 is 0 Å². The Labute approximate surface area is 146 Å². The van der Waals surface area contributed by atoms with Gasteiger partial charge in [-0.05, 0) is 75.1 Å². The van der Waals surface area contributed by atoms with Crippen LogP contribution < -0.4 is 10.1 Å². The van der Waals surface area contributed by atoms with E-state index in [9.17, 15) is 0 Å². The number of nitrogens with zero attached hydrogens (tertiary/aromatic N) is 1. The van der Waals surface area contributed by atoms with Gasteiger partial charge in [0.05, 0.1) is 7.11 Å². The second kappa shape index (κ2) is 7.05. The Hall–Kier alpha value is -1.06. The van der Waals surface area contributed by atoms with Crippen molar-refractivity contribution in [3.05, 3.63) is 29.3 Å². The number of fused-ring (bicyclic) bond motifs is 4. The number of benzene rings is 1. The molecule has 3 heterocycles. The molecule has 3 aliphatic heterocycles. The van der Waals surface area contributed by atoms with Gasteiger partial charge in [-0.2, -0.15) is 0 Å². The van der Waals surface area contributed by atoms with Crippen molar-refractivity contribution in [1.29, 1.82) is 0 Å². The van der Waals surface area contributed by atoms with Gasteiger partial charge in [0, 0.05) is 24.2 Å². The zero-order valence-electron chi connectivity index (χ0n) is 15.3. The first kappa shape index (κ1) is 16.4. The van der Waals surface area contributed by atoms with E-state index in [4.69, 9.17) is 4.74 Å². The summed E-state index contributed by atoms with van der Waals surface area (Å²) >= 11 is 0. The second-order valence-corrected chi connectivity index (χ2v) is 7.96. The van der Waals surface area contributed by atoms with Crippen LogP contribution in [-0.4, -0.2) is 37.7 Å². The van der Waals surface area contributed by atoms with Crippen LogP contribution in [-0.2, 0) is 6.42 Å². The summed E-state index contributed by atoms with van der Waals surface area (Å²) in [5, 5.41) is 4.08. The normalized spacial score (nSPS) is 33.1. The molecule has 2 bridgehead atoms. The Balaban J connectivity index is 1.55. The molecule has 0 amide bonds. The zero-order valence-corrected chi connectivity index (χ0v) is 15.3. The summed E-state index contributed by atoms with van der Waals surface area (Å²) in [5.74, 6) is 2.85. The van der Waals surface area contributed by atoms with E-state index in [0.29, 0.717) is 12.1 Å². The molecule has 0 aromatic heterocycles. The number of rotatable bonds is 5. The third-order valence-corrected chi connectivity index (χ3v) is 6.74. The van der Waals surface area contributed by atoms with Crippen molar-refractivity contribution < 1.29 is 4.74 Å². The highest BCUT2D eigenvalue weighted by molar-refractivity contribution is 5.44. The number of hydrogen-bond acceptors (Lipinski definition) is 3. The van der Waals surface area contributed by atoms with Crippen molar-refractivity contribution in [2.75, 3.05) is 26.7 Å². The molecule has 5 rings (SSSR count). The van der Waals surface area contributed by atoms with Crippen LogP contribution in [0.25, 0.3) is 0 Å². The van der Waals surface area contributed by atoms with Crippen molar-refractivity contribution in [3.63, 3.8) is 0 Å². The average Bonchev–Trinajstić information content (AvgIpc) is 2.66. The molecule has 0 spiro atoms. The fourth-order valence-electron chi connectivity index (χ4n) is 5.46. The monoisotopic (exact) mass is 328 g/mol. The molecule has 3 atom stereocenters. The molecule has 3 heteroatoms. The van der Waals surface area contributed by atoms with E-state index in [2.05, 4.69) is 35.3 Å². The van der Waals surface area contributed by atoms with Crippen LogP contribution in [0.3, 0.4) is 0 Å². The van der Waals surface area contributed by atoms with Crippen LogP contribution in [0.1, 0.15) is 56.2 Å². The molecule has 1 aromatic carbocycles. The van der Waals surface area contributed by atoms with Crippen molar-refractivity contribution in [2.45, 2.75) is 57.5 Å². The van der Waals surface area contributed by atoms with Gasteiger partial charge in [-0.1, -0.05) is 19.1 Å². The van der Waals surface area contributed by atoms with E-state index < -0.39 is 0 Å². The van der Waals surface area contributed by atoms with Crippen LogP contribution in [0.5, 0.6) is 5.75 Å². The quantitative estimate of drug-likeness (QED) is 0.890. The van der Waals surface area contributed by atoms with E-state index in [0.717, 1.165) is 17.6 Å². The topological polar surface area (TPSA) is 24.5 Å². The van der Waals surface area contributed by atoms with E-state index in [1.165, 1.54) is 69.3 Å². The van der Waals surface area contributed by atoms with Gasteiger partial charge in [-0.25, -0.2) is 0 Å². The van der Waals surface area contributed by atoms with Crippen molar-refractivity contribution in [3.8, 4) is 5.75 Å². The Kier molecular flexibility index (Phi) is 4.82. The third kappa shape index (κ3) is 2.97. The van der Waals surface area contributed by atoms with Gasteiger partial charge in [0.15, 0.2) is 0 Å². The molecule has 1 aromatic rings. The van der Waals surface area contributed by atoms with E-state index >= 15 is 0 Å². The lowest BCUT2D eigenvalue weighted by Crippen LogP contribution is -2.54. The van der Waals surface area contributed by atoms with Gasteiger partial charge in [0.2, 0.25) is 0 Å². The van der Waals surface area contributed by atoms with Gasteiger partial charge in [0.25, 0.3) is 0 Å². The summed E-state index contributed by atoms with van der Waals surface area (Å²) < 4.78 is 5.70. The van der Waals surface area contributed by atoms with Gasteiger partial charge < -0.3 is 15.0 Å². The van der Waals surface area contributed by atoms with Gasteiger partial charge in [-0.3, -0.25) is 0 Å². The second-order valence-electron chi connectivity index (χ2n) is 7.96. The van der Waals surface area contributed by atoms with Gasteiger partial charge in [0.1, 0.15) is 5.75 Å². The van der Waals surface area contributed by atoms with Crippen molar-refractivity contribution in [2.24, 2.45) is 11.8 Å². The van der Waals surface area contributed by atoms with Crippen molar-refractivity contribution in [1.82, 2.24) is 10.2 Å². The molecule has 3 unspecified atom stereocenters. The molecule has 1 aliphatic carbocycles. The lowest BCUT2D eigenvalue weighted by Gasteiger charge is -2.48. The third-order valence-electron chi connectivity index (χ3n) is 6.74. The molecule has 0 radical (unpaired) electrons. The number of methoxy groups -OCH3 is 1. The summed E-state index contributed by atoms with van der Waals surface area (Å²) in [4.78, 5) is 2.68. The first-order valence-corrected chi connectivity index (χ1v) is 9.94. The highest BCUT2D eigenvalue weighted by Gasteiger charge is 2.39. The predicted molar refractivity (Wildman–Crippen MR) is 98.5 cm³/mol. The SMILES string of the molecule is CCC(NC1CCCc2cccc(OC)c21)C1CN2CCC1CC2. The number of piperidine rings is 3. The maximum atomic E-state index is 5.70. The van der Waals surface area contributed by atoms with Gasteiger partial charge in [-0.15, -0.1) is 0 Å². The van der Waals surface area contributed by atoms with Crippen molar-refractivity contribution >= 4 is 0 Å². The van der Waals surface area contributed by atoms with E-state index in [1.54, 1.807) is 0 Å². The number of hydrogen-bond donors (Lipinski definition) is 1. The van der Waals surface area contributed by atoms with E-state index in [1.807, 2.05) is 7.11 Å². The lowest BCUT2D eigenvalue weighted by atomic mass is 9.74. The van der Waals surface area contributed by atoms with Crippen LogP contribution in [0.2, 0.25) is 0 Å². The molecule has 3 saturated heterocycles. The molecule has 1 N–H and O–H groups in total. The summed E-state index contributed by atoms with van der Waals surface area (Å²) in [7, 11) is 1.81. The summed E-state index contributed by atoms with van der Waals surface area (Å²) in [6.07, 6.45) is 7.78. The minimum absolute atomic E-state index is 0.463. The average molecular weight is 329 g/mol. The molecule has 3 fully saturated rings. The number of ether oxygens (including phenoxy) is 1. The fourth-order valence-corrected chi connectivity index (χ4v) is 5.46.